The van der Waals surface area contributed by atoms with Crippen molar-refractivity contribution in [3.63, 3.8) is 0 Å². The Kier molecular flexibility index (Phi) is 9.84. The molecule has 4 amide bonds. The molecule has 49 heavy (non-hydrogen) atoms. The molecule has 0 radical (unpaired) electrons. The SMILES string of the molecule is CC(C)(C)CN[C@H]1CCCCC/C=C\[C@@H]2C[C@@]2(C(=O)NS(=O)(=O)C2CC2)NC(=O)[C@@H]2C[C@@H](OC(=O)N3Cc4cccc(F)c4C3)CN2C1=O. The maximum atomic E-state index is 14.4. The normalized spacial score (nSPS) is 29.9. The Labute approximate surface area is 287 Å². The van der Waals surface area contributed by atoms with Crippen LogP contribution in [0.15, 0.2) is 30.4 Å². The zero-order valence-corrected chi connectivity index (χ0v) is 29.3. The van der Waals surface area contributed by atoms with Gasteiger partial charge in [0.05, 0.1) is 24.4 Å². The summed E-state index contributed by atoms with van der Waals surface area (Å²) in [4.78, 5) is 58.2. The van der Waals surface area contributed by atoms with Gasteiger partial charge in [-0.2, -0.15) is 0 Å². The molecule has 0 unspecified atom stereocenters. The van der Waals surface area contributed by atoms with Crippen LogP contribution in [0.5, 0.6) is 0 Å². The number of halogens is 1. The number of sulfonamides is 1. The number of nitrogens with zero attached hydrogens (tertiary/aromatic N) is 2. The van der Waals surface area contributed by atoms with E-state index < -0.39 is 68.6 Å². The van der Waals surface area contributed by atoms with Crippen molar-refractivity contribution < 1.29 is 36.7 Å². The molecule has 3 heterocycles. The zero-order chi connectivity index (χ0) is 35.1. The van der Waals surface area contributed by atoms with Crippen molar-refractivity contribution in [2.24, 2.45) is 11.3 Å². The van der Waals surface area contributed by atoms with Gasteiger partial charge < -0.3 is 20.3 Å². The van der Waals surface area contributed by atoms with Crippen LogP contribution < -0.4 is 15.4 Å². The first-order valence-corrected chi connectivity index (χ1v) is 19.0. The number of hydrogen-bond acceptors (Lipinski definition) is 8. The second-order valence-corrected chi connectivity index (χ2v) is 17.4. The topological polar surface area (TPSA) is 154 Å². The van der Waals surface area contributed by atoms with Gasteiger partial charge in [-0.25, -0.2) is 17.6 Å². The quantitative estimate of drug-likeness (QED) is 0.382. The van der Waals surface area contributed by atoms with Crippen LogP contribution in [0.3, 0.4) is 0 Å². The van der Waals surface area contributed by atoms with Crippen LogP contribution in [0.2, 0.25) is 0 Å². The lowest BCUT2D eigenvalue weighted by atomic mass is 9.95. The van der Waals surface area contributed by atoms with Gasteiger partial charge in [0.15, 0.2) is 0 Å². The van der Waals surface area contributed by atoms with Gasteiger partial charge in [-0.1, -0.05) is 57.9 Å². The van der Waals surface area contributed by atoms with Crippen LogP contribution in [0, 0.1) is 17.2 Å². The van der Waals surface area contributed by atoms with E-state index in [-0.39, 0.29) is 43.8 Å². The van der Waals surface area contributed by atoms with E-state index in [1.807, 2.05) is 12.2 Å². The Morgan fingerprint density at radius 1 is 1.10 bits per heavy atom. The molecule has 1 aromatic carbocycles. The highest BCUT2D eigenvalue weighted by Crippen LogP contribution is 2.46. The summed E-state index contributed by atoms with van der Waals surface area (Å²) < 4.78 is 47.9. The van der Waals surface area contributed by atoms with E-state index in [4.69, 9.17) is 4.74 Å². The lowest BCUT2D eigenvalue weighted by Crippen LogP contribution is -2.58. The van der Waals surface area contributed by atoms with Crippen molar-refractivity contribution in [2.75, 3.05) is 13.1 Å². The van der Waals surface area contributed by atoms with Crippen LogP contribution in [0.1, 0.15) is 89.7 Å². The van der Waals surface area contributed by atoms with Gasteiger partial charge in [0.2, 0.25) is 21.8 Å². The standard InChI is InChI=1S/C35H48FN5O7S/c1-34(2,3)21-37-28-13-8-6-4-5-7-11-23-17-35(23,32(44)39-49(46,47)25-14-15-25)38-30(42)29-16-24(19-41(29)31(28)43)48-33(45)40-18-22-10-9-12-27(36)26(22)20-40/h7,9-12,23-25,28-29,37H,4-6,8,13-21H2,1-3H3,(H,38,42)(H,39,44)/b11-7-/t23-,24-,28+,29+,35-/m1/s1. The number of fused-ring (bicyclic) bond motifs is 3. The van der Waals surface area contributed by atoms with E-state index >= 15 is 0 Å². The lowest BCUT2D eigenvalue weighted by Gasteiger charge is -2.31. The molecule has 3 fully saturated rings. The van der Waals surface area contributed by atoms with E-state index in [2.05, 4.69) is 36.1 Å². The first kappa shape index (κ1) is 35.3. The molecule has 6 rings (SSSR count). The van der Waals surface area contributed by atoms with E-state index in [9.17, 15) is 32.0 Å². The molecule has 5 aliphatic rings. The largest absolute Gasteiger partial charge is 0.444 e. The fourth-order valence-electron chi connectivity index (χ4n) is 7.06. The molecule has 14 heteroatoms. The zero-order valence-electron chi connectivity index (χ0n) is 28.5. The minimum absolute atomic E-state index is 0.0109. The number of amides is 4. The average molecular weight is 702 g/mol. The van der Waals surface area contributed by atoms with Crippen molar-refractivity contribution in [3.05, 3.63) is 47.3 Å². The minimum atomic E-state index is -3.87. The minimum Gasteiger partial charge on any atom is -0.444 e. The van der Waals surface area contributed by atoms with Gasteiger partial charge in [-0.3, -0.25) is 24.0 Å². The Bertz CT molecular complexity index is 1620. The smallest absolute Gasteiger partial charge is 0.410 e. The van der Waals surface area contributed by atoms with Crippen LogP contribution in [0.4, 0.5) is 9.18 Å². The van der Waals surface area contributed by atoms with Gasteiger partial charge in [0, 0.05) is 31.0 Å². The number of carbonyl (C=O) groups excluding carboxylic acids is 4. The molecule has 2 saturated carbocycles. The van der Waals surface area contributed by atoms with Gasteiger partial charge in [0.1, 0.15) is 23.5 Å². The van der Waals surface area contributed by atoms with Crippen molar-refractivity contribution in [3.8, 4) is 0 Å². The fraction of sp³-hybridized carbons (Fsp3) is 0.657. The first-order valence-electron chi connectivity index (χ1n) is 17.5. The van der Waals surface area contributed by atoms with Crippen LogP contribution in [0.25, 0.3) is 0 Å². The molecule has 0 spiro atoms. The molecule has 3 N–H and O–H groups in total. The van der Waals surface area contributed by atoms with Crippen LogP contribution >= 0.6 is 0 Å². The summed E-state index contributed by atoms with van der Waals surface area (Å²) >= 11 is 0. The van der Waals surface area contributed by atoms with E-state index in [0.717, 1.165) is 25.7 Å². The number of hydrogen-bond donors (Lipinski definition) is 3. The van der Waals surface area contributed by atoms with Crippen molar-refractivity contribution in [2.45, 2.75) is 121 Å². The first-order chi connectivity index (χ1) is 23.2. The fourth-order valence-corrected chi connectivity index (χ4v) is 8.42. The van der Waals surface area contributed by atoms with E-state index in [1.54, 1.807) is 12.1 Å². The predicted molar refractivity (Wildman–Crippen MR) is 179 cm³/mol. The molecule has 0 aromatic heterocycles. The third kappa shape index (κ3) is 7.95. The maximum Gasteiger partial charge on any atom is 0.410 e. The van der Waals surface area contributed by atoms with Crippen molar-refractivity contribution >= 4 is 33.8 Å². The summed E-state index contributed by atoms with van der Waals surface area (Å²) in [6.07, 6.45) is 7.35. The molecular weight excluding hydrogens is 653 g/mol. The molecule has 5 atom stereocenters. The highest BCUT2D eigenvalue weighted by molar-refractivity contribution is 7.91. The number of allylic oxidation sites excluding steroid dienone is 1. The van der Waals surface area contributed by atoms with Gasteiger partial charge >= 0.3 is 6.09 Å². The summed E-state index contributed by atoms with van der Waals surface area (Å²) in [7, 11) is -3.87. The Morgan fingerprint density at radius 3 is 2.59 bits per heavy atom. The monoisotopic (exact) mass is 701 g/mol. The summed E-state index contributed by atoms with van der Waals surface area (Å²) in [6.45, 7) is 6.94. The summed E-state index contributed by atoms with van der Waals surface area (Å²) in [5, 5.41) is 5.65. The predicted octanol–water partition coefficient (Wildman–Crippen LogP) is 3.26. The molecule has 1 saturated heterocycles. The molecule has 12 nitrogen and oxygen atoms in total. The third-order valence-corrected chi connectivity index (χ3v) is 12.0. The number of carbonyl (C=O) groups is 4. The van der Waals surface area contributed by atoms with Crippen molar-refractivity contribution in [1.82, 2.24) is 25.2 Å². The van der Waals surface area contributed by atoms with E-state index in [0.29, 0.717) is 36.9 Å². The lowest BCUT2D eigenvalue weighted by molar-refractivity contribution is -0.141. The van der Waals surface area contributed by atoms with Gasteiger partial charge in [0.25, 0.3) is 5.91 Å². The Hall–Kier alpha value is -3.52. The summed E-state index contributed by atoms with van der Waals surface area (Å²) in [5.74, 6) is -2.49. The number of nitrogens with one attached hydrogen (secondary N) is 3. The summed E-state index contributed by atoms with van der Waals surface area (Å²) in [5.41, 5.74) is -0.468. The maximum absolute atomic E-state index is 14.4. The summed E-state index contributed by atoms with van der Waals surface area (Å²) in [6, 6.07) is 3.04. The highest BCUT2D eigenvalue weighted by Gasteiger charge is 2.62. The molecule has 268 valence electrons. The van der Waals surface area contributed by atoms with Gasteiger partial charge in [-0.05, 0) is 55.6 Å². The Morgan fingerprint density at radius 2 is 1.88 bits per heavy atom. The average Bonchev–Trinajstić information content (AvgIpc) is 3.91. The Balaban J connectivity index is 1.24. The molecule has 2 aliphatic carbocycles. The van der Waals surface area contributed by atoms with Crippen LogP contribution in [-0.2, 0) is 42.2 Å². The van der Waals surface area contributed by atoms with E-state index in [1.165, 1.54) is 15.9 Å². The molecule has 0 bridgehead atoms. The number of ether oxygens (including phenoxy) is 1. The third-order valence-electron chi connectivity index (χ3n) is 10.2. The number of rotatable bonds is 6. The number of benzene rings is 1. The highest BCUT2D eigenvalue weighted by atomic mass is 32.2. The second-order valence-electron chi connectivity index (χ2n) is 15.5. The van der Waals surface area contributed by atoms with Crippen molar-refractivity contribution in [1.29, 1.82) is 0 Å². The molecule has 3 aliphatic heterocycles. The van der Waals surface area contributed by atoms with Gasteiger partial charge in [-0.15, -0.1) is 0 Å². The second kappa shape index (κ2) is 13.7. The molecule has 1 aromatic rings. The molecular formula is C35H48FN5O7S. The van der Waals surface area contributed by atoms with Crippen LogP contribution in [-0.4, -0.2) is 84.1 Å².